The Hall–Kier alpha value is -2.62. The summed E-state index contributed by atoms with van der Waals surface area (Å²) in [6, 6.07) is 12.9. The average Bonchev–Trinajstić information content (AvgIpc) is 2.55. The third-order valence-corrected chi connectivity index (χ3v) is 3.87. The molecule has 0 spiro atoms. The highest BCUT2D eigenvalue weighted by atomic mass is 16.5. The van der Waals surface area contributed by atoms with E-state index in [1.807, 2.05) is 32.0 Å². The molecule has 0 aromatic heterocycles. The number of ether oxygens (including phenoxy) is 1. The number of hydrogen-bond donors (Lipinski definition) is 1. The van der Waals surface area contributed by atoms with Gasteiger partial charge in [-0.15, -0.1) is 0 Å². The average molecular weight is 325 g/mol. The molecule has 0 aliphatic carbocycles. The van der Waals surface area contributed by atoms with Gasteiger partial charge in [0.2, 0.25) is 5.91 Å². The quantitative estimate of drug-likeness (QED) is 0.610. The first kappa shape index (κ1) is 17.7. The summed E-state index contributed by atoms with van der Waals surface area (Å²) in [5.74, 6) is 0.716. The van der Waals surface area contributed by atoms with Gasteiger partial charge in [-0.3, -0.25) is 9.59 Å². The smallest absolute Gasteiger partial charge is 0.224 e. The highest BCUT2D eigenvalue weighted by Gasteiger charge is 2.04. The van der Waals surface area contributed by atoms with E-state index in [-0.39, 0.29) is 11.7 Å². The van der Waals surface area contributed by atoms with Gasteiger partial charge in [-0.05, 0) is 74.7 Å². The van der Waals surface area contributed by atoms with Crippen molar-refractivity contribution in [1.82, 2.24) is 0 Å². The van der Waals surface area contributed by atoms with Crippen molar-refractivity contribution in [3.05, 3.63) is 59.2 Å². The number of benzene rings is 2. The van der Waals surface area contributed by atoms with Crippen LogP contribution in [0.25, 0.3) is 0 Å². The van der Waals surface area contributed by atoms with E-state index in [2.05, 4.69) is 5.32 Å². The summed E-state index contributed by atoms with van der Waals surface area (Å²) >= 11 is 0. The number of nitrogens with one attached hydrogen (secondary N) is 1. The number of amides is 1. The highest BCUT2D eigenvalue weighted by molar-refractivity contribution is 5.94. The van der Waals surface area contributed by atoms with Crippen molar-refractivity contribution in [3.63, 3.8) is 0 Å². The normalized spacial score (nSPS) is 10.3. The highest BCUT2D eigenvalue weighted by Crippen LogP contribution is 2.15. The Morgan fingerprint density at radius 3 is 2.33 bits per heavy atom. The van der Waals surface area contributed by atoms with Crippen LogP contribution in [-0.2, 0) is 4.79 Å². The molecule has 0 heterocycles. The fourth-order valence-corrected chi connectivity index (χ4v) is 2.25. The maximum Gasteiger partial charge on any atom is 0.224 e. The van der Waals surface area contributed by atoms with Crippen molar-refractivity contribution in [2.24, 2.45) is 0 Å². The van der Waals surface area contributed by atoms with Gasteiger partial charge in [0, 0.05) is 17.7 Å². The van der Waals surface area contributed by atoms with Gasteiger partial charge in [0.05, 0.1) is 6.61 Å². The number of anilines is 1. The minimum atomic E-state index is -0.0196. The Bertz CT molecular complexity index is 720. The Labute approximate surface area is 142 Å². The van der Waals surface area contributed by atoms with Crippen LogP contribution >= 0.6 is 0 Å². The van der Waals surface area contributed by atoms with Crippen molar-refractivity contribution < 1.29 is 14.3 Å². The molecule has 0 saturated heterocycles. The van der Waals surface area contributed by atoms with E-state index in [0.29, 0.717) is 30.8 Å². The van der Waals surface area contributed by atoms with Gasteiger partial charge in [0.25, 0.3) is 0 Å². The minimum absolute atomic E-state index is 0.0196. The number of carbonyl (C=O) groups is 2. The lowest BCUT2D eigenvalue weighted by Gasteiger charge is -2.09. The standard InChI is InChI=1S/C20H23NO3/c1-14-6-9-18(13-15(14)2)21-20(23)5-4-12-24-19-10-7-17(8-11-19)16(3)22/h6-11,13H,4-5,12H2,1-3H3,(H,21,23). The van der Waals surface area contributed by atoms with Crippen molar-refractivity contribution >= 4 is 17.4 Å². The molecule has 24 heavy (non-hydrogen) atoms. The summed E-state index contributed by atoms with van der Waals surface area (Å²) in [7, 11) is 0. The fourth-order valence-electron chi connectivity index (χ4n) is 2.25. The minimum Gasteiger partial charge on any atom is -0.494 e. The van der Waals surface area contributed by atoms with Crippen LogP contribution < -0.4 is 10.1 Å². The molecule has 0 atom stereocenters. The van der Waals surface area contributed by atoms with Crippen molar-refractivity contribution in [1.29, 1.82) is 0 Å². The van der Waals surface area contributed by atoms with E-state index >= 15 is 0 Å². The second-order valence-corrected chi connectivity index (χ2v) is 5.88. The molecule has 0 unspecified atom stereocenters. The van der Waals surface area contributed by atoms with Crippen LogP contribution in [-0.4, -0.2) is 18.3 Å². The Kier molecular flexibility index (Phi) is 6.13. The van der Waals surface area contributed by atoms with Crippen LogP contribution in [0.5, 0.6) is 5.75 Å². The monoisotopic (exact) mass is 325 g/mol. The number of ketones is 1. The summed E-state index contributed by atoms with van der Waals surface area (Å²) in [5, 5.41) is 2.90. The number of carbonyl (C=O) groups excluding carboxylic acids is 2. The SMILES string of the molecule is CC(=O)c1ccc(OCCCC(=O)Nc2ccc(C)c(C)c2)cc1. The fraction of sp³-hybridized carbons (Fsp3) is 0.300. The number of Topliss-reactive ketones (excluding diaryl/α,β-unsaturated/α-hetero) is 1. The number of rotatable bonds is 7. The van der Waals surface area contributed by atoms with Gasteiger partial charge in [0.15, 0.2) is 5.78 Å². The molecule has 1 amide bonds. The zero-order valence-electron chi connectivity index (χ0n) is 14.4. The van der Waals surface area contributed by atoms with E-state index < -0.39 is 0 Å². The molecule has 4 nitrogen and oxygen atoms in total. The second kappa shape index (κ2) is 8.29. The first-order valence-electron chi connectivity index (χ1n) is 8.06. The van der Waals surface area contributed by atoms with Crippen LogP contribution in [0.3, 0.4) is 0 Å². The summed E-state index contributed by atoms with van der Waals surface area (Å²) < 4.78 is 5.58. The maximum atomic E-state index is 11.9. The predicted molar refractivity (Wildman–Crippen MR) is 95.7 cm³/mol. The largest absolute Gasteiger partial charge is 0.494 e. The van der Waals surface area contributed by atoms with E-state index in [0.717, 1.165) is 11.3 Å². The zero-order chi connectivity index (χ0) is 17.5. The molecule has 2 aromatic carbocycles. The maximum absolute atomic E-state index is 11.9. The number of hydrogen-bond acceptors (Lipinski definition) is 3. The van der Waals surface area contributed by atoms with Gasteiger partial charge in [-0.2, -0.15) is 0 Å². The molecule has 2 rings (SSSR count). The van der Waals surface area contributed by atoms with Gasteiger partial charge >= 0.3 is 0 Å². The first-order valence-corrected chi connectivity index (χ1v) is 8.06. The van der Waals surface area contributed by atoms with E-state index in [1.165, 1.54) is 12.5 Å². The lowest BCUT2D eigenvalue weighted by Crippen LogP contribution is -2.13. The van der Waals surface area contributed by atoms with Crippen LogP contribution in [0, 0.1) is 13.8 Å². The van der Waals surface area contributed by atoms with Gasteiger partial charge < -0.3 is 10.1 Å². The lowest BCUT2D eigenvalue weighted by molar-refractivity contribution is -0.116. The van der Waals surface area contributed by atoms with Crippen LogP contribution in [0.1, 0.15) is 41.3 Å². The van der Waals surface area contributed by atoms with E-state index in [1.54, 1.807) is 24.3 Å². The molecular formula is C20H23NO3. The molecule has 126 valence electrons. The Morgan fingerprint density at radius 2 is 1.71 bits per heavy atom. The zero-order valence-corrected chi connectivity index (χ0v) is 14.4. The molecular weight excluding hydrogens is 302 g/mol. The molecule has 4 heteroatoms. The molecule has 0 bridgehead atoms. The van der Waals surface area contributed by atoms with Crippen molar-refractivity contribution in [3.8, 4) is 5.75 Å². The van der Waals surface area contributed by atoms with Gasteiger partial charge in [-0.25, -0.2) is 0 Å². The molecule has 0 aliphatic rings. The molecule has 0 radical (unpaired) electrons. The lowest BCUT2D eigenvalue weighted by atomic mass is 10.1. The van der Waals surface area contributed by atoms with Crippen molar-refractivity contribution in [2.45, 2.75) is 33.6 Å². The van der Waals surface area contributed by atoms with Crippen LogP contribution in [0.15, 0.2) is 42.5 Å². The van der Waals surface area contributed by atoms with Crippen LogP contribution in [0.4, 0.5) is 5.69 Å². The summed E-state index contributed by atoms with van der Waals surface area (Å²) in [6.07, 6.45) is 1.03. The van der Waals surface area contributed by atoms with E-state index in [4.69, 9.17) is 4.74 Å². The number of aryl methyl sites for hydroxylation is 2. The first-order chi connectivity index (χ1) is 11.5. The molecule has 1 N–H and O–H groups in total. The van der Waals surface area contributed by atoms with Crippen molar-refractivity contribution in [2.75, 3.05) is 11.9 Å². The summed E-state index contributed by atoms with van der Waals surface area (Å²) in [4.78, 5) is 23.1. The van der Waals surface area contributed by atoms with Gasteiger partial charge in [-0.1, -0.05) is 6.07 Å². The van der Waals surface area contributed by atoms with E-state index in [9.17, 15) is 9.59 Å². The second-order valence-electron chi connectivity index (χ2n) is 5.88. The van der Waals surface area contributed by atoms with Crippen LogP contribution in [0.2, 0.25) is 0 Å². The molecule has 0 fully saturated rings. The predicted octanol–water partition coefficient (Wildman–Crippen LogP) is 4.30. The third-order valence-electron chi connectivity index (χ3n) is 3.87. The summed E-state index contributed by atoms with van der Waals surface area (Å²) in [6.45, 7) is 6.06. The Morgan fingerprint density at radius 1 is 1.00 bits per heavy atom. The summed E-state index contributed by atoms with van der Waals surface area (Å²) in [5.41, 5.74) is 3.85. The Balaban J connectivity index is 1.72. The molecule has 0 aliphatic heterocycles. The molecule has 0 saturated carbocycles. The third kappa shape index (κ3) is 5.23. The van der Waals surface area contributed by atoms with Gasteiger partial charge in [0.1, 0.15) is 5.75 Å². The molecule has 2 aromatic rings. The topological polar surface area (TPSA) is 55.4 Å².